The van der Waals surface area contributed by atoms with Crippen molar-refractivity contribution >= 4 is 31.9 Å². The number of benzene rings is 1. The molecule has 0 aromatic heterocycles. The number of ether oxygens (including phenoxy) is 1. The highest BCUT2D eigenvalue weighted by molar-refractivity contribution is 9.10. The highest BCUT2D eigenvalue weighted by atomic mass is 79.9. The van der Waals surface area contributed by atoms with E-state index >= 15 is 0 Å². The Morgan fingerprint density at radius 3 is 2.65 bits per heavy atom. The molecule has 0 fully saturated rings. The van der Waals surface area contributed by atoms with Gasteiger partial charge in [-0.2, -0.15) is 4.31 Å². The topological polar surface area (TPSA) is 83.9 Å². The molecule has 1 aromatic rings. The van der Waals surface area contributed by atoms with Crippen molar-refractivity contribution < 1.29 is 27.4 Å². The van der Waals surface area contributed by atoms with Gasteiger partial charge in [0.25, 0.3) is 0 Å². The standard InChI is InChI=1S/C11H13BrFNO5S/c1-19-5-4-14(7-11(15)16)20(17,18)8-2-3-9(12)10(13)6-8/h2-3,6H,4-5,7H2,1H3,(H,15,16). The van der Waals surface area contributed by atoms with Crippen molar-refractivity contribution in [2.45, 2.75) is 4.90 Å². The quantitative estimate of drug-likeness (QED) is 0.783. The van der Waals surface area contributed by atoms with E-state index in [1.807, 2.05) is 0 Å². The van der Waals surface area contributed by atoms with Crippen LogP contribution in [0.25, 0.3) is 0 Å². The number of halogens is 2. The SMILES string of the molecule is COCCN(CC(=O)O)S(=O)(=O)c1ccc(Br)c(F)c1. The number of methoxy groups -OCH3 is 1. The first kappa shape index (κ1) is 17.0. The van der Waals surface area contributed by atoms with Crippen LogP contribution in [0, 0.1) is 5.82 Å². The average Bonchev–Trinajstić information content (AvgIpc) is 2.37. The van der Waals surface area contributed by atoms with Crippen molar-refractivity contribution in [3.8, 4) is 0 Å². The van der Waals surface area contributed by atoms with Crippen LogP contribution in [0.1, 0.15) is 0 Å². The van der Waals surface area contributed by atoms with Gasteiger partial charge >= 0.3 is 5.97 Å². The lowest BCUT2D eigenvalue weighted by atomic mass is 10.3. The van der Waals surface area contributed by atoms with E-state index in [0.717, 1.165) is 10.4 Å². The molecule has 0 aliphatic carbocycles. The van der Waals surface area contributed by atoms with E-state index in [-0.39, 0.29) is 22.5 Å². The van der Waals surface area contributed by atoms with Crippen LogP contribution in [0.2, 0.25) is 0 Å². The smallest absolute Gasteiger partial charge is 0.318 e. The number of carboxylic acid groups (broad SMARTS) is 1. The zero-order valence-electron chi connectivity index (χ0n) is 10.5. The molecule has 0 aliphatic heterocycles. The summed E-state index contributed by atoms with van der Waals surface area (Å²) in [6, 6.07) is 3.28. The number of carbonyl (C=O) groups is 1. The van der Waals surface area contributed by atoms with Crippen LogP contribution in [-0.4, -0.2) is 50.6 Å². The average molecular weight is 370 g/mol. The Morgan fingerprint density at radius 1 is 1.50 bits per heavy atom. The Hall–Kier alpha value is -1.03. The first-order valence-corrected chi connectivity index (χ1v) is 7.68. The minimum Gasteiger partial charge on any atom is -0.480 e. The lowest BCUT2D eigenvalue weighted by molar-refractivity contribution is -0.137. The number of aliphatic carboxylic acids is 1. The van der Waals surface area contributed by atoms with E-state index in [9.17, 15) is 17.6 Å². The number of nitrogens with zero attached hydrogens (tertiary/aromatic N) is 1. The van der Waals surface area contributed by atoms with Gasteiger partial charge in [-0.25, -0.2) is 12.8 Å². The number of sulfonamides is 1. The van der Waals surface area contributed by atoms with Gasteiger partial charge in [0.15, 0.2) is 0 Å². The fraction of sp³-hybridized carbons (Fsp3) is 0.364. The molecule has 20 heavy (non-hydrogen) atoms. The van der Waals surface area contributed by atoms with E-state index in [1.54, 1.807) is 0 Å². The molecule has 0 saturated heterocycles. The van der Waals surface area contributed by atoms with Crippen LogP contribution in [0.5, 0.6) is 0 Å². The van der Waals surface area contributed by atoms with Crippen LogP contribution < -0.4 is 0 Å². The van der Waals surface area contributed by atoms with Gasteiger partial charge in [0.05, 0.1) is 16.0 Å². The first-order valence-electron chi connectivity index (χ1n) is 5.45. The summed E-state index contributed by atoms with van der Waals surface area (Å²) in [7, 11) is -2.73. The molecule has 0 bridgehead atoms. The maximum absolute atomic E-state index is 13.4. The summed E-state index contributed by atoms with van der Waals surface area (Å²) in [4.78, 5) is 10.4. The van der Waals surface area contributed by atoms with E-state index in [2.05, 4.69) is 15.9 Å². The molecule has 1 aromatic carbocycles. The van der Waals surface area contributed by atoms with E-state index < -0.39 is 28.4 Å². The van der Waals surface area contributed by atoms with Crippen LogP contribution in [-0.2, 0) is 19.6 Å². The van der Waals surface area contributed by atoms with E-state index in [0.29, 0.717) is 0 Å². The van der Waals surface area contributed by atoms with Crippen molar-refractivity contribution in [2.24, 2.45) is 0 Å². The highest BCUT2D eigenvalue weighted by Gasteiger charge is 2.27. The number of carboxylic acids is 1. The zero-order chi connectivity index (χ0) is 15.3. The lowest BCUT2D eigenvalue weighted by Crippen LogP contribution is -2.38. The van der Waals surface area contributed by atoms with Crippen LogP contribution >= 0.6 is 15.9 Å². The van der Waals surface area contributed by atoms with Crippen LogP contribution in [0.3, 0.4) is 0 Å². The maximum atomic E-state index is 13.4. The summed E-state index contributed by atoms with van der Waals surface area (Å²) < 4.78 is 43.5. The van der Waals surface area contributed by atoms with Gasteiger partial charge in [-0.3, -0.25) is 4.79 Å². The van der Waals surface area contributed by atoms with Crippen molar-refractivity contribution in [3.63, 3.8) is 0 Å². The third-order valence-electron chi connectivity index (χ3n) is 2.39. The highest BCUT2D eigenvalue weighted by Crippen LogP contribution is 2.22. The number of hydrogen-bond donors (Lipinski definition) is 1. The first-order chi connectivity index (χ1) is 9.28. The molecule has 0 atom stereocenters. The van der Waals surface area contributed by atoms with Crippen molar-refractivity contribution in [2.75, 3.05) is 26.8 Å². The predicted octanol–water partition coefficient (Wildman–Crippen LogP) is 1.31. The van der Waals surface area contributed by atoms with Crippen LogP contribution in [0.15, 0.2) is 27.6 Å². The van der Waals surface area contributed by atoms with Gasteiger partial charge < -0.3 is 9.84 Å². The molecule has 1 rings (SSSR count). The molecule has 0 radical (unpaired) electrons. The van der Waals surface area contributed by atoms with Crippen molar-refractivity contribution in [3.05, 3.63) is 28.5 Å². The molecule has 0 saturated carbocycles. The summed E-state index contributed by atoms with van der Waals surface area (Å²) in [6.45, 7) is -0.822. The minimum atomic E-state index is -4.10. The Balaban J connectivity index is 3.13. The summed E-state index contributed by atoms with van der Waals surface area (Å²) >= 11 is 2.92. The Bertz CT molecular complexity index is 592. The Kier molecular flexibility index (Phi) is 6.06. The maximum Gasteiger partial charge on any atom is 0.318 e. The summed E-state index contributed by atoms with van der Waals surface area (Å²) in [5.41, 5.74) is 0. The largest absolute Gasteiger partial charge is 0.480 e. The molecule has 0 spiro atoms. The summed E-state index contributed by atoms with van der Waals surface area (Å²) in [5, 5.41) is 8.76. The van der Waals surface area contributed by atoms with E-state index in [1.165, 1.54) is 19.2 Å². The molecular formula is C11H13BrFNO5S. The molecule has 0 aliphatic rings. The lowest BCUT2D eigenvalue weighted by Gasteiger charge is -2.20. The Morgan fingerprint density at radius 2 is 2.15 bits per heavy atom. The molecule has 0 unspecified atom stereocenters. The number of rotatable bonds is 7. The fourth-order valence-corrected chi connectivity index (χ4v) is 3.05. The van der Waals surface area contributed by atoms with Gasteiger partial charge in [-0.15, -0.1) is 0 Å². The van der Waals surface area contributed by atoms with Gasteiger partial charge in [0.1, 0.15) is 12.4 Å². The second-order valence-electron chi connectivity index (χ2n) is 3.80. The fourth-order valence-electron chi connectivity index (χ4n) is 1.41. The predicted molar refractivity (Wildman–Crippen MR) is 72.4 cm³/mol. The molecule has 112 valence electrons. The third-order valence-corrected chi connectivity index (χ3v) is 4.87. The van der Waals surface area contributed by atoms with E-state index in [4.69, 9.17) is 9.84 Å². The molecule has 0 heterocycles. The van der Waals surface area contributed by atoms with Gasteiger partial charge in [0.2, 0.25) is 10.0 Å². The second-order valence-corrected chi connectivity index (χ2v) is 6.59. The summed E-state index contributed by atoms with van der Waals surface area (Å²) in [5.74, 6) is -2.05. The zero-order valence-corrected chi connectivity index (χ0v) is 12.9. The van der Waals surface area contributed by atoms with Gasteiger partial charge in [-0.05, 0) is 34.1 Å². The molecule has 9 heteroatoms. The van der Waals surface area contributed by atoms with Gasteiger partial charge in [0, 0.05) is 13.7 Å². The van der Waals surface area contributed by atoms with Crippen molar-refractivity contribution in [1.29, 1.82) is 0 Å². The van der Waals surface area contributed by atoms with Crippen molar-refractivity contribution in [1.82, 2.24) is 4.31 Å². The monoisotopic (exact) mass is 369 g/mol. The molecule has 1 N–H and O–H groups in total. The second kappa shape index (κ2) is 7.11. The summed E-state index contributed by atoms with van der Waals surface area (Å²) in [6.07, 6.45) is 0. The Labute approximate surface area is 124 Å². The molecular weight excluding hydrogens is 357 g/mol. The normalized spacial score (nSPS) is 11.8. The number of hydrogen-bond acceptors (Lipinski definition) is 4. The minimum absolute atomic E-state index is 0.0333. The van der Waals surface area contributed by atoms with Gasteiger partial charge in [-0.1, -0.05) is 0 Å². The molecule has 0 amide bonds. The van der Waals surface area contributed by atoms with Crippen LogP contribution in [0.4, 0.5) is 4.39 Å². The molecule has 6 nitrogen and oxygen atoms in total. The third kappa shape index (κ3) is 4.23.